The smallest absolute Gasteiger partial charge is 0.142 e. The van der Waals surface area contributed by atoms with Gasteiger partial charge in [0.1, 0.15) is 11.6 Å². The van der Waals surface area contributed by atoms with Crippen LogP contribution in [-0.2, 0) is 0 Å². The topological polar surface area (TPSA) is 21.3 Å². The third-order valence-electron chi connectivity index (χ3n) is 3.03. The monoisotopic (exact) mass is 271 g/mol. The molecule has 2 nitrogen and oxygen atoms in total. The second-order valence-corrected chi connectivity index (χ2v) is 5.28. The average molecular weight is 272 g/mol. The maximum Gasteiger partial charge on any atom is 0.142 e. The third-order valence-corrected chi connectivity index (χ3v) is 3.32. The van der Waals surface area contributed by atoms with Crippen LogP contribution in [0.15, 0.2) is 18.2 Å². The molecule has 1 aromatic rings. The van der Waals surface area contributed by atoms with Crippen molar-refractivity contribution in [3.8, 4) is 5.75 Å². The fourth-order valence-electron chi connectivity index (χ4n) is 1.82. The molecule has 0 aliphatic heterocycles. The molecular formula is C14H19ClFNO. The van der Waals surface area contributed by atoms with E-state index in [4.69, 9.17) is 16.3 Å². The number of hydrogen-bond donors (Lipinski definition) is 1. The zero-order chi connectivity index (χ0) is 13.0. The van der Waals surface area contributed by atoms with Crippen LogP contribution in [0.4, 0.5) is 4.39 Å². The fraction of sp³-hybridized carbons (Fsp3) is 0.571. The highest BCUT2D eigenvalue weighted by atomic mass is 35.5. The summed E-state index contributed by atoms with van der Waals surface area (Å²) in [7, 11) is 0. The van der Waals surface area contributed by atoms with E-state index in [1.54, 1.807) is 6.07 Å². The zero-order valence-electron chi connectivity index (χ0n) is 10.6. The van der Waals surface area contributed by atoms with Gasteiger partial charge in [0, 0.05) is 12.1 Å². The molecule has 4 heteroatoms. The van der Waals surface area contributed by atoms with Gasteiger partial charge in [0.25, 0.3) is 0 Å². The van der Waals surface area contributed by atoms with Crippen LogP contribution in [-0.4, -0.2) is 18.7 Å². The van der Waals surface area contributed by atoms with Crippen molar-refractivity contribution < 1.29 is 9.13 Å². The van der Waals surface area contributed by atoms with E-state index in [2.05, 4.69) is 5.32 Å². The predicted molar refractivity (Wildman–Crippen MR) is 71.8 cm³/mol. The van der Waals surface area contributed by atoms with Crippen molar-refractivity contribution in [1.82, 2.24) is 5.32 Å². The molecule has 0 amide bonds. The molecule has 100 valence electrons. The molecule has 18 heavy (non-hydrogen) atoms. The molecule has 1 N–H and O–H groups in total. The first-order valence-corrected chi connectivity index (χ1v) is 6.88. The molecule has 1 aromatic carbocycles. The van der Waals surface area contributed by atoms with Crippen LogP contribution in [0, 0.1) is 5.82 Å². The molecule has 1 saturated carbocycles. The molecule has 1 unspecified atom stereocenters. The Bertz CT molecular complexity index is 395. The van der Waals surface area contributed by atoms with Gasteiger partial charge in [-0.3, -0.25) is 0 Å². The minimum absolute atomic E-state index is 0.107. The summed E-state index contributed by atoms with van der Waals surface area (Å²) in [6.07, 6.45) is 4.83. The number of nitrogens with one attached hydrogen (secondary N) is 1. The van der Waals surface area contributed by atoms with Gasteiger partial charge in [-0.1, -0.05) is 11.6 Å². The van der Waals surface area contributed by atoms with Crippen LogP contribution in [0.3, 0.4) is 0 Å². The standard InChI is InChI=1S/C14H19ClFNO/c1-10(3-2-8-17-11-4-5-11)18-12-6-7-14(16)13(15)9-12/h6-7,9-11,17H,2-5,8H2,1H3. The van der Waals surface area contributed by atoms with Crippen molar-refractivity contribution in [2.24, 2.45) is 0 Å². The Morgan fingerprint density at radius 1 is 1.50 bits per heavy atom. The lowest BCUT2D eigenvalue weighted by atomic mass is 10.2. The van der Waals surface area contributed by atoms with E-state index in [0.29, 0.717) is 5.75 Å². The summed E-state index contributed by atoms with van der Waals surface area (Å²) in [5.74, 6) is 0.217. The summed E-state index contributed by atoms with van der Waals surface area (Å²) in [5.41, 5.74) is 0. The number of benzene rings is 1. The second kappa shape index (κ2) is 6.39. The molecule has 2 rings (SSSR count). The highest BCUT2D eigenvalue weighted by molar-refractivity contribution is 6.30. The first-order valence-electron chi connectivity index (χ1n) is 6.50. The zero-order valence-corrected chi connectivity index (χ0v) is 11.3. The van der Waals surface area contributed by atoms with Gasteiger partial charge < -0.3 is 10.1 Å². The minimum atomic E-state index is -0.412. The van der Waals surface area contributed by atoms with Crippen molar-refractivity contribution in [1.29, 1.82) is 0 Å². The van der Waals surface area contributed by atoms with E-state index in [-0.39, 0.29) is 11.1 Å². The van der Waals surface area contributed by atoms with Gasteiger partial charge >= 0.3 is 0 Å². The third kappa shape index (κ3) is 4.46. The Morgan fingerprint density at radius 2 is 2.28 bits per heavy atom. The molecule has 0 bridgehead atoms. The van der Waals surface area contributed by atoms with Crippen LogP contribution in [0.1, 0.15) is 32.6 Å². The summed E-state index contributed by atoms with van der Waals surface area (Å²) >= 11 is 5.70. The Kier molecular flexibility index (Phi) is 4.84. The van der Waals surface area contributed by atoms with E-state index >= 15 is 0 Å². The lowest BCUT2D eigenvalue weighted by Crippen LogP contribution is -2.20. The number of ether oxygens (including phenoxy) is 1. The van der Waals surface area contributed by atoms with Crippen molar-refractivity contribution >= 4 is 11.6 Å². The lowest BCUT2D eigenvalue weighted by molar-refractivity contribution is 0.207. The Labute approximate surface area is 112 Å². The molecule has 0 spiro atoms. The van der Waals surface area contributed by atoms with Crippen LogP contribution in [0.2, 0.25) is 5.02 Å². The maximum absolute atomic E-state index is 13.0. The van der Waals surface area contributed by atoms with Crippen LogP contribution < -0.4 is 10.1 Å². The summed E-state index contributed by atoms with van der Waals surface area (Å²) in [6.45, 7) is 3.07. The SMILES string of the molecule is CC(CCCNC1CC1)Oc1ccc(F)c(Cl)c1. The van der Waals surface area contributed by atoms with Crippen LogP contribution >= 0.6 is 11.6 Å². The molecular weight excluding hydrogens is 253 g/mol. The van der Waals surface area contributed by atoms with E-state index in [1.165, 1.54) is 25.0 Å². The van der Waals surface area contributed by atoms with Crippen molar-refractivity contribution in [3.05, 3.63) is 29.0 Å². The van der Waals surface area contributed by atoms with Crippen LogP contribution in [0.5, 0.6) is 5.75 Å². The molecule has 1 atom stereocenters. The minimum Gasteiger partial charge on any atom is -0.491 e. The number of hydrogen-bond acceptors (Lipinski definition) is 2. The molecule has 0 saturated heterocycles. The van der Waals surface area contributed by atoms with Gasteiger partial charge in [-0.2, -0.15) is 0 Å². The second-order valence-electron chi connectivity index (χ2n) is 4.88. The summed E-state index contributed by atoms with van der Waals surface area (Å²) in [6, 6.07) is 5.23. The van der Waals surface area contributed by atoms with Crippen LogP contribution in [0.25, 0.3) is 0 Å². The van der Waals surface area contributed by atoms with Gasteiger partial charge in [-0.25, -0.2) is 4.39 Å². The Morgan fingerprint density at radius 3 is 2.94 bits per heavy atom. The highest BCUT2D eigenvalue weighted by Gasteiger charge is 2.19. The average Bonchev–Trinajstić information content (AvgIpc) is 3.14. The van der Waals surface area contributed by atoms with E-state index in [0.717, 1.165) is 25.4 Å². The maximum atomic E-state index is 13.0. The molecule has 1 fully saturated rings. The lowest BCUT2D eigenvalue weighted by Gasteiger charge is -2.15. The van der Waals surface area contributed by atoms with E-state index in [9.17, 15) is 4.39 Å². The number of rotatable bonds is 7. The summed E-state index contributed by atoms with van der Waals surface area (Å²) in [4.78, 5) is 0. The molecule has 1 aliphatic rings. The largest absolute Gasteiger partial charge is 0.491 e. The summed E-state index contributed by atoms with van der Waals surface area (Å²) in [5, 5.41) is 3.57. The fourth-order valence-corrected chi connectivity index (χ4v) is 2.00. The Balaban J connectivity index is 1.68. The first-order chi connectivity index (χ1) is 8.65. The molecule has 1 aliphatic carbocycles. The first kappa shape index (κ1) is 13.6. The molecule has 0 heterocycles. The van der Waals surface area contributed by atoms with E-state index in [1.807, 2.05) is 6.92 Å². The van der Waals surface area contributed by atoms with Crippen molar-refractivity contribution in [2.75, 3.05) is 6.54 Å². The van der Waals surface area contributed by atoms with Gasteiger partial charge in [0.15, 0.2) is 0 Å². The predicted octanol–water partition coefficient (Wildman–Crippen LogP) is 3.78. The van der Waals surface area contributed by atoms with Gasteiger partial charge in [0.05, 0.1) is 11.1 Å². The van der Waals surface area contributed by atoms with Gasteiger partial charge in [-0.15, -0.1) is 0 Å². The Hall–Kier alpha value is -0.800. The van der Waals surface area contributed by atoms with Gasteiger partial charge in [0.2, 0.25) is 0 Å². The number of halogens is 2. The summed E-state index contributed by atoms with van der Waals surface area (Å²) < 4.78 is 18.7. The molecule has 0 radical (unpaired) electrons. The van der Waals surface area contributed by atoms with Gasteiger partial charge in [-0.05, 0) is 51.3 Å². The van der Waals surface area contributed by atoms with Crippen molar-refractivity contribution in [3.63, 3.8) is 0 Å². The van der Waals surface area contributed by atoms with E-state index < -0.39 is 5.82 Å². The van der Waals surface area contributed by atoms with Crippen molar-refractivity contribution in [2.45, 2.75) is 44.8 Å². The normalized spacial score (nSPS) is 16.6. The quantitative estimate of drug-likeness (QED) is 0.762. The molecule has 0 aromatic heterocycles. The highest BCUT2D eigenvalue weighted by Crippen LogP contribution is 2.22.